The molecule has 0 bridgehead atoms. The van der Waals surface area contributed by atoms with E-state index in [1.165, 1.54) is 0 Å². The first-order valence-electron chi connectivity index (χ1n) is 6.06. The van der Waals surface area contributed by atoms with Crippen LogP contribution in [0.5, 0.6) is 0 Å². The lowest BCUT2D eigenvalue weighted by Gasteiger charge is -2.07. The van der Waals surface area contributed by atoms with Crippen LogP contribution in [0.15, 0.2) is 30.6 Å². The predicted molar refractivity (Wildman–Crippen MR) is 69.2 cm³/mol. The Morgan fingerprint density at radius 1 is 1.17 bits per heavy atom. The summed E-state index contributed by atoms with van der Waals surface area (Å²) >= 11 is 0. The molecule has 1 aromatic carbocycles. The van der Waals surface area contributed by atoms with Crippen molar-refractivity contribution >= 4 is 11.0 Å². The number of fused-ring (bicyclic) bond motifs is 1. The van der Waals surface area contributed by atoms with Crippen molar-refractivity contribution < 1.29 is 0 Å². The Bertz CT molecular complexity index is 680. The van der Waals surface area contributed by atoms with Crippen LogP contribution in [0.25, 0.3) is 11.0 Å². The van der Waals surface area contributed by atoms with E-state index >= 15 is 0 Å². The minimum Gasteiger partial charge on any atom is -0.320 e. The smallest absolute Gasteiger partial charge is 0.146 e. The molecule has 0 saturated heterocycles. The molecule has 2 aromatic heterocycles. The third-order valence-electron chi connectivity index (χ3n) is 3.15. The second kappa shape index (κ2) is 4.25. The Kier molecular flexibility index (Phi) is 2.59. The number of aryl methyl sites for hydroxylation is 2. The SMILES string of the molecule is CCc1nc2ccccc2n1Cc1ncnn1C. The van der Waals surface area contributed by atoms with Crippen molar-refractivity contribution in [2.24, 2.45) is 7.05 Å². The number of aromatic nitrogens is 5. The molecule has 0 spiro atoms. The van der Waals surface area contributed by atoms with Gasteiger partial charge in [-0.05, 0) is 12.1 Å². The highest BCUT2D eigenvalue weighted by atomic mass is 15.3. The van der Waals surface area contributed by atoms with Crippen molar-refractivity contribution in [1.29, 1.82) is 0 Å². The second-order valence-corrected chi connectivity index (χ2v) is 4.26. The van der Waals surface area contributed by atoms with Crippen LogP contribution in [0.4, 0.5) is 0 Å². The Morgan fingerprint density at radius 2 is 2.00 bits per heavy atom. The van der Waals surface area contributed by atoms with E-state index in [9.17, 15) is 0 Å². The highest BCUT2D eigenvalue weighted by molar-refractivity contribution is 5.75. The lowest BCUT2D eigenvalue weighted by Crippen LogP contribution is -2.09. The molecule has 0 atom stereocenters. The van der Waals surface area contributed by atoms with E-state index in [1.54, 1.807) is 11.0 Å². The van der Waals surface area contributed by atoms with Crippen LogP contribution in [-0.2, 0) is 20.0 Å². The van der Waals surface area contributed by atoms with Gasteiger partial charge in [0.25, 0.3) is 0 Å². The van der Waals surface area contributed by atoms with Gasteiger partial charge < -0.3 is 4.57 Å². The normalized spacial score (nSPS) is 11.2. The summed E-state index contributed by atoms with van der Waals surface area (Å²) in [4.78, 5) is 8.92. The lowest BCUT2D eigenvalue weighted by molar-refractivity contribution is 0.644. The molecular formula is C13H15N5. The zero-order valence-electron chi connectivity index (χ0n) is 10.5. The summed E-state index contributed by atoms with van der Waals surface area (Å²) in [6.45, 7) is 2.83. The van der Waals surface area contributed by atoms with Crippen molar-refractivity contribution in [3.8, 4) is 0 Å². The number of para-hydroxylation sites is 2. The van der Waals surface area contributed by atoms with Crippen molar-refractivity contribution in [3.05, 3.63) is 42.2 Å². The molecule has 0 N–H and O–H groups in total. The Hall–Kier alpha value is -2.17. The van der Waals surface area contributed by atoms with Crippen LogP contribution < -0.4 is 0 Å². The van der Waals surface area contributed by atoms with Gasteiger partial charge >= 0.3 is 0 Å². The molecule has 0 amide bonds. The maximum absolute atomic E-state index is 4.65. The minimum absolute atomic E-state index is 0.709. The van der Waals surface area contributed by atoms with E-state index in [-0.39, 0.29) is 0 Å². The molecule has 0 aliphatic carbocycles. The number of imidazole rings is 1. The molecule has 0 radical (unpaired) electrons. The van der Waals surface area contributed by atoms with Gasteiger partial charge in [0.15, 0.2) is 0 Å². The average Bonchev–Trinajstić information content (AvgIpc) is 2.95. The van der Waals surface area contributed by atoms with Crippen molar-refractivity contribution in [3.63, 3.8) is 0 Å². The third kappa shape index (κ3) is 1.68. The van der Waals surface area contributed by atoms with Gasteiger partial charge in [-0.2, -0.15) is 5.10 Å². The average molecular weight is 241 g/mol. The zero-order valence-corrected chi connectivity index (χ0v) is 10.5. The maximum atomic E-state index is 4.65. The molecule has 3 aromatic rings. The molecule has 0 aliphatic heterocycles. The summed E-state index contributed by atoms with van der Waals surface area (Å²) in [5.41, 5.74) is 2.19. The summed E-state index contributed by atoms with van der Waals surface area (Å²) in [5.74, 6) is 2.02. The Morgan fingerprint density at radius 3 is 2.72 bits per heavy atom. The third-order valence-corrected chi connectivity index (χ3v) is 3.15. The van der Waals surface area contributed by atoms with Crippen LogP contribution in [0.3, 0.4) is 0 Å². The summed E-state index contributed by atoms with van der Waals surface area (Å²) in [7, 11) is 1.91. The van der Waals surface area contributed by atoms with E-state index in [0.29, 0.717) is 6.54 Å². The molecule has 0 fully saturated rings. The molecule has 0 aliphatic rings. The largest absolute Gasteiger partial charge is 0.320 e. The van der Waals surface area contributed by atoms with Gasteiger partial charge in [-0.1, -0.05) is 19.1 Å². The standard InChI is InChI=1S/C13H15N5/c1-3-12-16-10-6-4-5-7-11(10)18(12)8-13-14-9-15-17(13)2/h4-7,9H,3,8H2,1-2H3. The van der Waals surface area contributed by atoms with E-state index in [4.69, 9.17) is 0 Å². The van der Waals surface area contributed by atoms with Gasteiger partial charge in [0.1, 0.15) is 18.0 Å². The minimum atomic E-state index is 0.709. The summed E-state index contributed by atoms with van der Waals surface area (Å²) in [6.07, 6.45) is 2.49. The maximum Gasteiger partial charge on any atom is 0.146 e. The molecule has 2 heterocycles. The van der Waals surface area contributed by atoms with Crippen LogP contribution >= 0.6 is 0 Å². The highest BCUT2D eigenvalue weighted by Gasteiger charge is 2.11. The number of rotatable bonds is 3. The van der Waals surface area contributed by atoms with E-state index in [0.717, 1.165) is 29.1 Å². The van der Waals surface area contributed by atoms with Gasteiger partial charge in [0.05, 0.1) is 17.6 Å². The Balaban J connectivity index is 2.12. The second-order valence-electron chi connectivity index (χ2n) is 4.26. The molecule has 3 rings (SSSR count). The number of nitrogens with zero attached hydrogens (tertiary/aromatic N) is 5. The fourth-order valence-corrected chi connectivity index (χ4v) is 2.18. The van der Waals surface area contributed by atoms with E-state index < -0.39 is 0 Å². The molecular weight excluding hydrogens is 226 g/mol. The van der Waals surface area contributed by atoms with Crippen molar-refractivity contribution in [2.75, 3.05) is 0 Å². The zero-order chi connectivity index (χ0) is 12.5. The molecule has 0 saturated carbocycles. The first-order valence-corrected chi connectivity index (χ1v) is 6.06. The molecule has 92 valence electrons. The fraction of sp³-hybridized carbons (Fsp3) is 0.308. The summed E-state index contributed by atoms with van der Waals surface area (Å²) in [5, 5.41) is 4.10. The number of benzene rings is 1. The molecule has 18 heavy (non-hydrogen) atoms. The Labute approximate surface area is 105 Å². The topological polar surface area (TPSA) is 48.5 Å². The van der Waals surface area contributed by atoms with Crippen LogP contribution in [0.2, 0.25) is 0 Å². The highest BCUT2D eigenvalue weighted by Crippen LogP contribution is 2.17. The first-order chi connectivity index (χ1) is 8.79. The first kappa shape index (κ1) is 11.0. The number of hydrogen-bond donors (Lipinski definition) is 0. The fourth-order valence-electron chi connectivity index (χ4n) is 2.18. The summed E-state index contributed by atoms with van der Waals surface area (Å²) < 4.78 is 4.01. The van der Waals surface area contributed by atoms with Gasteiger partial charge in [-0.15, -0.1) is 0 Å². The van der Waals surface area contributed by atoms with Gasteiger partial charge in [-0.25, -0.2) is 9.97 Å². The van der Waals surface area contributed by atoms with Crippen LogP contribution in [0, 0.1) is 0 Å². The predicted octanol–water partition coefficient (Wildman–Crippen LogP) is 1.78. The molecule has 0 unspecified atom stereocenters. The lowest BCUT2D eigenvalue weighted by atomic mass is 10.3. The monoisotopic (exact) mass is 241 g/mol. The van der Waals surface area contributed by atoms with E-state index in [2.05, 4.69) is 32.6 Å². The van der Waals surface area contributed by atoms with Gasteiger partial charge in [0.2, 0.25) is 0 Å². The van der Waals surface area contributed by atoms with Crippen LogP contribution in [-0.4, -0.2) is 24.3 Å². The van der Waals surface area contributed by atoms with Crippen molar-refractivity contribution in [1.82, 2.24) is 24.3 Å². The van der Waals surface area contributed by atoms with Gasteiger partial charge in [0, 0.05) is 13.5 Å². The van der Waals surface area contributed by atoms with Crippen molar-refractivity contribution in [2.45, 2.75) is 19.9 Å². The van der Waals surface area contributed by atoms with E-state index in [1.807, 2.05) is 25.2 Å². The van der Waals surface area contributed by atoms with Gasteiger partial charge in [-0.3, -0.25) is 4.68 Å². The van der Waals surface area contributed by atoms with Crippen LogP contribution in [0.1, 0.15) is 18.6 Å². The molecule has 5 heteroatoms. The number of hydrogen-bond acceptors (Lipinski definition) is 3. The quantitative estimate of drug-likeness (QED) is 0.702. The summed E-state index contributed by atoms with van der Waals surface area (Å²) in [6, 6.07) is 8.19. The molecule has 5 nitrogen and oxygen atoms in total.